The molecule has 4 rings (SSSR count). The van der Waals surface area contributed by atoms with Gasteiger partial charge in [0, 0.05) is 16.7 Å². The molecule has 0 fully saturated rings. The van der Waals surface area contributed by atoms with Crippen LogP contribution in [0.3, 0.4) is 0 Å². The second-order valence-corrected chi connectivity index (χ2v) is 7.33. The zero-order valence-electron chi connectivity index (χ0n) is 16.9. The molecule has 0 saturated carbocycles. The molecule has 3 aromatic rings. The minimum Gasteiger partial charge on any atom is -0.497 e. The molecule has 2 heterocycles. The van der Waals surface area contributed by atoms with E-state index in [0.29, 0.717) is 39.2 Å². The van der Waals surface area contributed by atoms with Crippen molar-refractivity contribution in [3.63, 3.8) is 0 Å². The minimum absolute atomic E-state index is 0.138. The van der Waals surface area contributed by atoms with E-state index in [2.05, 4.69) is 10.1 Å². The summed E-state index contributed by atoms with van der Waals surface area (Å²) in [7, 11) is 3.13. The molecule has 0 bridgehead atoms. The molecule has 31 heavy (non-hydrogen) atoms. The Balaban J connectivity index is 1.84. The van der Waals surface area contributed by atoms with Crippen LogP contribution in [0.4, 0.5) is 0 Å². The molecule has 0 saturated heterocycles. The molecular formula is C21H20ClN5O4. The van der Waals surface area contributed by atoms with Crippen molar-refractivity contribution in [1.82, 2.24) is 14.5 Å². The van der Waals surface area contributed by atoms with E-state index < -0.39 is 0 Å². The van der Waals surface area contributed by atoms with Crippen molar-refractivity contribution in [1.29, 1.82) is 0 Å². The topological polar surface area (TPSA) is 115 Å². The lowest BCUT2D eigenvalue weighted by Crippen LogP contribution is -2.30. The molecule has 1 aliphatic rings. The van der Waals surface area contributed by atoms with Gasteiger partial charge in [0.05, 0.1) is 44.3 Å². The quantitative estimate of drug-likeness (QED) is 0.272. The normalized spacial score (nSPS) is 13.5. The summed E-state index contributed by atoms with van der Waals surface area (Å²) in [5, 5.41) is 12.7. The summed E-state index contributed by atoms with van der Waals surface area (Å²) in [6.07, 6.45) is 1.54. The largest absolute Gasteiger partial charge is 0.497 e. The first-order chi connectivity index (χ1) is 15.0. The third-order valence-corrected chi connectivity index (χ3v) is 5.38. The number of rotatable bonds is 5. The number of hydrogen-bond acceptors (Lipinski definition) is 6. The van der Waals surface area contributed by atoms with Gasteiger partial charge in [-0.1, -0.05) is 16.8 Å². The number of ether oxygens (including phenoxy) is 2. The van der Waals surface area contributed by atoms with Gasteiger partial charge < -0.3 is 25.3 Å². The average molecular weight is 442 g/mol. The molecule has 1 aromatic heterocycles. The summed E-state index contributed by atoms with van der Waals surface area (Å²) in [5.74, 6) is 0.880. The molecular weight excluding hydrogens is 422 g/mol. The number of oxime groups is 1. The monoisotopic (exact) mass is 441 g/mol. The van der Waals surface area contributed by atoms with E-state index in [9.17, 15) is 4.79 Å². The van der Waals surface area contributed by atoms with Crippen molar-refractivity contribution in [2.75, 3.05) is 14.2 Å². The molecule has 1 aliphatic heterocycles. The Labute approximate surface area is 183 Å². The number of aromatic nitrogens is 2. The van der Waals surface area contributed by atoms with Gasteiger partial charge in [-0.25, -0.2) is 4.98 Å². The zero-order chi connectivity index (χ0) is 22.1. The molecule has 0 spiro atoms. The predicted octanol–water partition coefficient (Wildman–Crippen LogP) is 2.79. The number of nitrogens with zero attached hydrogens (tertiary/aromatic N) is 4. The Morgan fingerprint density at radius 3 is 2.77 bits per heavy atom. The fourth-order valence-electron chi connectivity index (χ4n) is 3.62. The van der Waals surface area contributed by atoms with E-state index in [0.717, 1.165) is 5.56 Å². The number of methoxy groups -OCH3 is 2. The molecule has 160 valence electrons. The number of amidine groups is 1. The second kappa shape index (κ2) is 8.19. The van der Waals surface area contributed by atoms with Gasteiger partial charge in [0.1, 0.15) is 23.5 Å². The van der Waals surface area contributed by atoms with Crippen LogP contribution in [-0.2, 0) is 13.1 Å². The molecule has 9 nitrogen and oxygen atoms in total. The van der Waals surface area contributed by atoms with Crippen LogP contribution in [-0.4, -0.2) is 45.6 Å². The van der Waals surface area contributed by atoms with Gasteiger partial charge in [0.2, 0.25) is 0 Å². The highest BCUT2D eigenvalue weighted by Crippen LogP contribution is 2.31. The molecule has 1 amide bonds. The SMILES string of the molecule is COc1ccc(CN2Cc3c(C(N)=NO)ncn3-c3ccc(Cl)cc3C2=O)c(OC)c1. The lowest BCUT2D eigenvalue weighted by molar-refractivity contribution is 0.0732. The van der Waals surface area contributed by atoms with E-state index in [1.807, 2.05) is 6.07 Å². The number of imidazole rings is 1. The highest BCUT2D eigenvalue weighted by Gasteiger charge is 2.30. The zero-order valence-corrected chi connectivity index (χ0v) is 17.6. The lowest BCUT2D eigenvalue weighted by Gasteiger charge is -2.22. The van der Waals surface area contributed by atoms with Crippen LogP contribution in [0.15, 0.2) is 47.9 Å². The summed E-state index contributed by atoms with van der Waals surface area (Å²) in [5.41, 5.74) is 8.56. The molecule has 0 aliphatic carbocycles. The van der Waals surface area contributed by atoms with Crippen molar-refractivity contribution in [3.8, 4) is 17.2 Å². The minimum atomic E-state index is -0.218. The second-order valence-electron chi connectivity index (χ2n) is 6.90. The van der Waals surface area contributed by atoms with Gasteiger partial charge in [0.15, 0.2) is 5.84 Å². The summed E-state index contributed by atoms with van der Waals surface area (Å²) in [4.78, 5) is 19.4. The van der Waals surface area contributed by atoms with Crippen molar-refractivity contribution >= 4 is 23.3 Å². The molecule has 0 unspecified atom stereocenters. The van der Waals surface area contributed by atoms with Gasteiger partial charge in [-0.3, -0.25) is 9.36 Å². The number of fused-ring (bicyclic) bond motifs is 3. The number of halogens is 1. The van der Waals surface area contributed by atoms with Gasteiger partial charge in [-0.05, 0) is 30.3 Å². The number of carbonyl (C=O) groups excluding carboxylic acids is 1. The highest BCUT2D eigenvalue weighted by atomic mass is 35.5. The first-order valence-electron chi connectivity index (χ1n) is 9.31. The first-order valence-corrected chi connectivity index (χ1v) is 9.68. The molecule has 10 heteroatoms. The highest BCUT2D eigenvalue weighted by molar-refractivity contribution is 6.31. The van der Waals surface area contributed by atoms with Crippen LogP contribution < -0.4 is 15.2 Å². The van der Waals surface area contributed by atoms with E-state index >= 15 is 0 Å². The number of carbonyl (C=O) groups is 1. The number of amides is 1. The predicted molar refractivity (Wildman–Crippen MR) is 114 cm³/mol. The van der Waals surface area contributed by atoms with Crippen molar-refractivity contribution < 1.29 is 19.5 Å². The lowest BCUT2D eigenvalue weighted by atomic mass is 10.1. The summed E-state index contributed by atoms with van der Waals surface area (Å²) >= 11 is 6.19. The van der Waals surface area contributed by atoms with Crippen molar-refractivity contribution in [3.05, 3.63) is 70.3 Å². The Bertz CT molecular complexity index is 1190. The van der Waals surface area contributed by atoms with Crippen LogP contribution in [0.5, 0.6) is 11.5 Å². The number of hydrogen-bond donors (Lipinski definition) is 2. The number of nitrogens with two attached hydrogens (primary N) is 1. The third-order valence-electron chi connectivity index (χ3n) is 5.15. The molecule has 2 aromatic carbocycles. The maximum atomic E-state index is 13.5. The Hall–Kier alpha value is -3.72. The van der Waals surface area contributed by atoms with Crippen LogP contribution in [0.25, 0.3) is 5.69 Å². The third kappa shape index (κ3) is 3.64. The maximum Gasteiger partial charge on any atom is 0.256 e. The van der Waals surface area contributed by atoms with E-state index in [4.69, 9.17) is 32.0 Å². The van der Waals surface area contributed by atoms with Gasteiger partial charge in [-0.15, -0.1) is 0 Å². The van der Waals surface area contributed by atoms with E-state index in [1.165, 1.54) is 0 Å². The van der Waals surface area contributed by atoms with E-state index in [-0.39, 0.29) is 24.8 Å². The summed E-state index contributed by atoms with van der Waals surface area (Å²) < 4.78 is 12.5. The molecule has 0 radical (unpaired) electrons. The average Bonchev–Trinajstić information content (AvgIpc) is 3.16. The number of benzene rings is 2. The fourth-order valence-corrected chi connectivity index (χ4v) is 3.79. The standard InChI is InChI=1S/C21H20ClN5O4/c1-30-14-5-3-12(18(8-14)31-2)9-26-10-17-19(20(23)25-29)24-11-27(17)16-6-4-13(22)7-15(16)21(26)28/h3-8,11,29H,9-10H2,1-2H3,(H2,23,25). The van der Waals surface area contributed by atoms with Crippen molar-refractivity contribution in [2.24, 2.45) is 10.9 Å². The van der Waals surface area contributed by atoms with Gasteiger partial charge >= 0.3 is 0 Å². The Morgan fingerprint density at radius 1 is 1.26 bits per heavy atom. The first kappa shape index (κ1) is 20.5. The molecule has 3 N–H and O–H groups in total. The summed E-state index contributed by atoms with van der Waals surface area (Å²) in [6.45, 7) is 0.421. The summed E-state index contributed by atoms with van der Waals surface area (Å²) in [6, 6.07) is 10.5. The van der Waals surface area contributed by atoms with Crippen LogP contribution in [0.1, 0.15) is 27.3 Å². The van der Waals surface area contributed by atoms with Gasteiger partial charge in [0.25, 0.3) is 5.91 Å². The maximum absolute atomic E-state index is 13.5. The van der Waals surface area contributed by atoms with E-state index in [1.54, 1.807) is 60.3 Å². The smallest absolute Gasteiger partial charge is 0.256 e. The van der Waals surface area contributed by atoms with Crippen LogP contribution >= 0.6 is 11.6 Å². The fraction of sp³-hybridized carbons (Fsp3) is 0.190. The Kier molecular flexibility index (Phi) is 5.43. The molecule has 0 atom stereocenters. The Morgan fingerprint density at radius 2 is 2.06 bits per heavy atom. The van der Waals surface area contributed by atoms with Crippen LogP contribution in [0, 0.1) is 0 Å². The van der Waals surface area contributed by atoms with Crippen LogP contribution in [0.2, 0.25) is 5.02 Å². The van der Waals surface area contributed by atoms with Crippen molar-refractivity contribution in [2.45, 2.75) is 13.1 Å². The van der Waals surface area contributed by atoms with Gasteiger partial charge in [-0.2, -0.15) is 0 Å².